The lowest BCUT2D eigenvalue weighted by Crippen LogP contribution is -2.29. The monoisotopic (exact) mass is 440 g/mol. The van der Waals surface area contributed by atoms with Crippen molar-refractivity contribution in [2.75, 3.05) is 6.54 Å². The smallest absolute Gasteiger partial charge is 0.309 e. The van der Waals surface area contributed by atoms with Crippen LogP contribution in [-0.2, 0) is 0 Å². The third kappa shape index (κ3) is 3.15. The highest BCUT2D eigenvalue weighted by Gasteiger charge is 2.44. The zero-order chi connectivity index (χ0) is 23.5. The summed E-state index contributed by atoms with van der Waals surface area (Å²) in [7, 11) is 0. The standard InChI is InChI=1S/C25H23F3N2O2/c1-6-29-14(4)20-11-16(7-9-18(20)23(29)31)22(25(26,27)28)17-8-10-19-21(12-17)15(5)30(13(2)3)24(19)32/h7-13,22H,4-6H2,1-3H3. The first-order valence-corrected chi connectivity index (χ1v) is 10.4. The van der Waals surface area contributed by atoms with Crippen LogP contribution in [0.4, 0.5) is 13.2 Å². The minimum absolute atomic E-state index is 0.0121. The van der Waals surface area contributed by atoms with Gasteiger partial charge in [-0.1, -0.05) is 25.3 Å². The first kappa shape index (κ1) is 21.9. The van der Waals surface area contributed by atoms with E-state index >= 15 is 0 Å². The van der Waals surface area contributed by atoms with Gasteiger partial charge in [0.05, 0.1) is 0 Å². The van der Waals surface area contributed by atoms with Gasteiger partial charge in [0, 0.05) is 46.2 Å². The summed E-state index contributed by atoms with van der Waals surface area (Å²) in [6.07, 6.45) is -4.58. The number of benzene rings is 2. The molecule has 2 aromatic carbocycles. The van der Waals surface area contributed by atoms with Gasteiger partial charge in [0.2, 0.25) is 0 Å². The first-order valence-electron chi connectivity index (χ1n) is 10.4. The molecule has 166 valence electrons. The molecule has 0 N–H and O–H groups in total. The Morgan fingerprint density at radius 1 is 0.844 bits per heavy atom. The number of fused-ring (bicyclic) bond motifs is 2. The lowest BCUT2D eigenvalue weighted by Gasteiger charge is -2.23. The highest BCUT2D eigenvalue weighted by atomic mass is 19.4. The third-order valence-electron chi connectivity index (χ3n) is 6.08. The molecule has 0 radical (unpaired) electrons. The van der Waals surface area contributed by atoms with Crippen molar-refractivity contribution in [3.63, 3.8) is 0 Å². The molecule has 0 spiro atoms. The number of rotatable bonds is 4. The second kappa shape index (κ2) is 7.36. The summed E-state index contributed by atoms with van der Waals surface area (Å²) in [4.78, 5) is 28.0. The fourth-order valence-corrected chi connectivity index (χ4v) is 4.58. The third-order valence-corrected chi connectivity index (χ3v) is 6.08. The van der Waals surface area contributed by atoms with Crippen molar-refractivity contribution in [3.05, 3.63) is 82.9 Å². The molecule has 1 unspecified atom stereocenters. The summed E-state index contributed by atoms with van der Waals surface area (Å²) < 4.78 is 42.9. The predicted molar refractivity (Wildman–Crippen MR) is 117 cm³/mol. The maximum atomic E-state index is 14.3. The van der Waals surface area contributed by atoms with Crippen LogP contribution in [-0.4, -0.2) is 40.4 Å². The minimum atomic E-state index is -4.58. The van der Waals surface area contributed by atoms with Gasteiger partial charge >= 0.3 is 6.18 Å². The van der Waals surface area contributed by atoms with E-state index in [9.17, 15) is 22.8 Å². The largest absolute Gasteiger partial charge is 0.399 e. The van der Waals surface area contributed by atoms with Crippen LogP contribution in [0.3, 0.4) is 0 Å². The maximum absolute atomic E-state index is 14.3. The van der Waals surface area contributed by atoms with Crippen LogP contribution in [0.15, 0.2) is 49.6 Å². The Morgan fingerprint density at radius 3 is 1.81 bits per heavy atom. The molecule has 0 saturated heterocycles. The number of nitrogens with zero attached hydrogens (tertiary/aromatic N) is 2. The van der Waals surface area contributed by atoms with Gasteiger partial charge in [-0.3, -0.25) is 9.59 Å². The molecule has 4 nitrogen and oxygen atoms in total. The molecule has 7 heteroatoms. The molecule has 2 aromatic rings. The Hall–Kier alpha value is -3.35. The fourth-order valence-electron chi connectivity index (χ4n) is 4.58. The zero-order valence-corrected chi connectivity index (χ0v) is 18.1. The summed E-state index contributed by atoms with van der Waals surface area (Å²) in [5.41, 5.74) is 2.34. The number of carbonyl (C=O) groups is 2. The Kier molecular flexibility index (Phi) is 5.03. The molecule has 0 aliphatic carbocycles. The second-order valence-electron chi connectivity index (χ2n) is 8.30. The van der Waals surface area contributed by atoms with E-state index in [1.165, 1.54) is 46.2 Å². The highest BCUT2D eigenvalue weighted by molar-refractivity contribution is 6.09. The van der Waals surface area contributed by atoms with Gasteiger partial charge in [-0.15, -0.1) is 0 Å². The van der Waals surface area contributed by atoms with Crippen LogP contribution in [0.25, 0.3) is 11.4 Å². The van der Waals surface area contributed by atoms with Gasteiger partial charge in [-0.25, -0.2) is 0 Å². The number of alkyl halides is 3. The Bertz CT molecular complexity index is 1180. The summed E-state index contributed by atoms with van der Waals surface area (Å²) in [6.45, 7) is 13.7. The van der Waals surface area contributed by atoms with E-state index in [0.29, 0.717) is 40.2 Å². The van der Waals surface area contributed by atoms with E-state index < -0.39 is 12.1 Å². The van der Waals surface area contributed by atoms with E-state index in [0.717, 1.165) is 0 Å². The normalized spacial score (nSPS) is 16.8. The van der Waals surface area contributed by atoms with E-state index in [1.807, 2.05) is 13.8 Å². The van der Waals surface area contributed by atoms with Crippen LogP contribution in [0.1, 0.15) is 69.7 Å². The van der Waals surface area contributed by atoms with Crippen LogP contribution < -0.4 is 0 Å². The molecular formula is C25H23F3N2O2. The summed E-state index contributed by atoms with van der Waals surface area (Å²) in [5.74, 6) is -2.45. The Balaban J connectivity index is 1.82. The van der Waals surface area contributed by atoms with Gasteiger partial charge in [0.25, 0.3) is 11.8 Å². The molecule has 0 bridgehead atoms. The SMILES string of the molecule is C=C1c2cc(C(c3ccc4c(c3)C(=C)N(C(C)C)C4=O)C(F)(F)F)ccc2C(=O)N1CC. The van der Waals surface area contributed by atoms with Crippen molar-refractivity contribution in [1.29, 1.82) is 0 Å². The van der Waals surface area contributed by atoms with Crippen molar-refractivity contribution in [3.8, 4) is 0 Å². The van der Waals surface area contributed by atoms with E-state index in [-0.39, 0.29) is 29.0 Å². The minimum Gasteiger partial charge on any atom is -0.309 e. The average Bonchev–Trinajstić information content (AvgIpc) is 3.11. The molecule has 2 heterocycles. The van der Waals surface area contributed by atoms with Gasteiger partial charge in [-0.05, 0) is 56.2 Å². The van der Waals surface area contributed by atoms with Crippen LogP contribution in [0, 0.1) is 0 Å². The van der Waals surface area contributed by atoms with Crippen LogP contribution in [0.5, 0.6) is 0 Å². The van der Waals surface area contributed by atoms with Crippen LogP contribution in [0.2, 0.25) is 0 Å². The molecule has 4 rings (SSSR count). The fraction of sp³-hybridized carbons (Fsp3) is 0.280. The molecule has 2 aliphatic rings. The van der Waals surface area contributed by atoms with Gasteiger partial charge < -0.3 is 9.80 Å². The second-order valence-corrected chi connectivity index (χ2v) is 8.30. The molecule has 1 atom stereocenters. The van der Waals surface area contributed by atoms with Gasteiger partial charge in [0.15, 0.2) is 0 Å². The lowest BCUT2D eigenvalue weighted by atomic mass is 9.87. The first-order chi connectivity index (χ1) is 15.0. The van der Waals surface area contributed by atoms with E-state index in [2.05, 4.69) is 13.2 Å². The van der Waals surface area contributed by atoms with Crippen molar-refractivity contribution >= 4 is 23.2 Å². The zero-order valence-electron chi connectivity index (χ0n) is 18.1. The highest BCUT2D eigenvalue weighted by Crippen LogP contribution is 2.44. The molecule has 0 aromatic heterocycles. The summed E-state index contributed by atoms with van der Waals surface area (Å²) >= 11 is 0. The molecule has 0 saturated carbocycles. The topological polar surface area (TPSA) is 40.6 Å². The lowest BCUT2D eigenvalue weighted by molar-refractivity contribution is -0.141. The summed E-state index contributed by atoms with van der Waals surface area (Å²) in [5, 5.41) is 0. The van der Waals surface area contributed by atoms with E-state index in [4.69, 9.17) is 0 Å². The average molecular weight is 440 g/mol. The number of hydrogen-bond donors (Lipinski definition) is 0. The predicted octanol–water partition coefficient (Wildman–Crippen LogP) is 5.66. The maximum Gasteiger partial charge on any atom is 0.399 e. The molecular weight excluding hydrogens is 417 g/mol. The van der Waals surface area contributed by atoms with Crippen molar-refractivity contribution in [1.82, 2.24) is 9.80 Å². The van der Waals surface area contributed by atoms with Crippen molar-refractivity contribution < 1.29 is 22.8 Å². The molecule has 32 heavy (non-hydrogen) atoms. The van der Waals surface area contributed by atoms with Gasteiger partial charge in [-0.2, -0.15) is 13.2 Å². The number of hydrogen-bond acceptors (Lipinski definition) is 2. The summed E-state index contributed by atoms with van der Waals surface area (Å²) in [6, 6.07) is 8.20. The van der Waals surface area contributed by atoms with E-state index in [1.54, 1.807) is 6.92 Å². The van der Waals surface area contributed by atoms with Crippen molar-refractivity contribution in [2.45, 2.75) is 38.9 Å². The number of carbonyl (C=O) groups excluding carboxylic acids is 2. The number of halogens is 3. The molecule has 2 amide bonds. The van der Waals surface area contributed by atoms with Crippen LogP contribution >= 0.6 is 0 Å². The Labute approximate surface area is 184 Å². The van der Waals surface area contributed by atoms with Crippen molar-refractivity contribution in [2.24, 2.45) is 0 Å². The number of amides is 2. The van der Waals surface area contributed by atoms with Gasteiger partial charge in [0.1, 0.15) is 5.92 Å². The Morgan fingerprint density at radius 2 is 1.34 bits per heavy atom. The quantitative estimate of drug-likeness (QED) is 0.615. The molecule has 2 aliphatic heterocycles. The molecule has 0 fully saturated rings.